The van der Waals surface area contributed by atoms with Gasteiger partial charge < -0.3 is 4.55 Å². The minimum absolute atomic E-state index is 0.252. The van der Waals surface area contributed by atoms with Gasteiger partial charge in [-0.3, -0.25) is 4.98 Å². The molecule has 100 valence electrons. The van der Waals surface area contributed by atoms with E-state index in [9.17, 15) is 13.3 Å². The highest BCUT2D eigenvalue weighted by atomic mass is 32.2. The van der Waals surface area contributed by atoms with Crippen LogP contribution in [0, 0.1) is 0 Å². The highest BCUT2D eigenvalue weighted by Crippen LogP contribution is 2.18. The molecule has 0 saturated heterocycles. The van der Waals surface area contributed by atoms with E-state index < -0.39 is 22.5 Å². The largest absolute Gasteiger partial charge is 0.591 e. The van der Waals surface area contributed by atoms with Crippen molar-refractivity contribution < 1.29 is 13.3 Å². The Morgan fingerprint density at radius 3 is 2.72 bits per heavy atom. The van der Waals surface area contributed by atoms with Crippen LogP contribution in [-0.2, 0) is 17.8 Å². The highest BCUT2D eigenvalue weighted by Gasteiger charge is 2.25. The van der Waals surface area contributed by atoms with Crippen molar-refractivity contribution in [1.82, 2.24) is 4.98 Å². The molecule has 0 radical (unpaired) electrons. The Balaban J connectivity index is 2.64. The van der Waals surface area contributed by atoms with E-state index in [1.165, 1.54) is 18.5 Å². The normalized spacial score (nSPS) is 14.4. The van der Waals surface area contributed by atoms with Crippen LogP contribution < -0.4 is 0 Å². The first kappa shape index (κ1) is 15.0. The van der Waals surface area contributed by atoms with E-state index in [1.807, 2.05) is 20.8 Å². The molecule has 1 atom stereocenters. The van der Waals surface area contributed by atoms with E-state index in [4.69, 9.17) is 0 Å². The van der Waals surface area contributed by atoms with E-state index in [-0.39, 0.29) is 5.69 Å². The molecule has 0 aromatic carbocycles. The van der Waals surface area contributed by atoms with Crippen molar-refractivity contribution in [2.24, 2.45) is 4.40 Å². The second kappa shape index (κ2) is 6.24. The first-order valence-corrected chi connectivity index (χ1v) is 6.59. The topological polar surface area (TPSA) is 48.3 Å². The summed E-state index contributed by atoms with van der Waals surface area (Å²) < 4.78 is 39.9. The minimum Gasteiger partial charge on any atom is -0.591 e. The SMILES string of the molecule is CC(C)(C)[S+]([O-])N=CCc1ccnc(C(F)F)c1. The fourth-order valence-electron chi connectivity index (χ4n) is 1.11. The number of aromatic nitrogens is 1. The second-order valence-corrected chi connectivity index (χ2v) is 6.68. The molecular weight excluding hydrogens is 258 g/mol. The Bertz CT molecular complexity index is 419. The van der Waals surface area contributed by atoms with Crippen LogP contribution in [0.4, 0.5) is 8.78 Å². The van der Waals surface area contributed by atoms with Crippen molar-refractivity contribution in [1.29, 1.82) is 0 Å². The lowest BCUT2D eigenvalue weighted by atomic mass is 10.2. The maximum absolute atomic E-state index is 12.4. The maximum atomic E-state index is 12.4. The summed E-state index contributed by atoms with van der Waals surface area (Å²) >= 11 is -1.32. The predicted octanol–water partition coefficient (Wildman–Crippen LogP) is 3.09. The lowest BCUT2D eigenvalue weighted by Crippen LogP contribution is -2.25. The van der Waals surface area contributed by atoms with Crippen LogP contribution in [0.15, 0.2) is 22.7 Å². The van der Waals surface area contributed by atoms with Crippen LogP contribution in [0.5, 0.6) is 0 Å². The number of hydrogen-bond donors (Lipinski definition) is 0. The van der Waals surface area contributed by atoms with Gasteiger partial charge in [-0.25, -0.2) is 8.78 Å². The van der Waals surface area contributed by atoms with Crippen molar-refractivity contribution in [2.75, 3.05) is 0 Å². The van der Waals surface area contributed by atoms with E-state index in [2.05, 4.69) is 9.38 Å². The smallest absolute Gasteiger partial charge is 0.280 e. The molecule has 0 saturated carbocycles. The number of hydrogen-bond acceptors (Lipinski definition) is 3. The van der Waals surface area contributed by atoms with Gasteiger partial charge in [0.1, 0.15) is 21.8 Å². The average Bonchev–Trinajstić information content (AvgIpc) is 2.28. The standard InChI is InChI=1S/C12H16F2N2OS/c1-12(2,3)18(17)16-7-5-9-4-6-15-10(8-9)11(13)14/h4,6-8,11H,5H2,1-3H3. The van der Waals surface area contributed by atoms with Crippen molar-refractivity contribution >= 4 is 17.6 Å². The quantitative estimate of drug-likeness (QED) is 0.625. The van der Waals surface area contributed by atoms with Gasteiger partial charge in [0.2, 0.25) is 0 Å². The molecule has 6 heteroatoms. The fourth-order valence-corrected chi connectivity index (χ4v) is 1.64. The van der Waals surface area contributed by atoms with Gasteiger partial charge in [-0.15, -0.1) is 0 Å². The zero-order valence-corrected chi connectivity index (χ0v) is 11.4. The van der Waals surface area contributed by atoms with Crippen molar-refractivity contribution in [3.8, 4) is 0 Å². The van der Waals surface area contributed by atoms with Crippen molar-refractivity contribution in [3.05, 3.63) is 29.6 Å². The molecule has 1 unspecified atom stereocenters. The number of rotatable bonds is 4. The lowest BCUT2D eigenvalue weighted by Gasteiger charge is -2.17. The molecule has 0 aliphatic rings. The predicted molar refractivity (Wildman–Crippen MR) is 69.3 cm³/mol. The maximum Gasteiger partial charge on any atom is 0.280 e. The van der Waals surface area contributed by atoms with Crippen LogP contribution in [-0.4, -0.2) is 20.5 Å². The number of nitrogens with zero attached hydrogens (tertiary/aromatic N) is 2. The van der Waals surface area contributed by atoms with Gasteiger partial charge in [-0.2, -0.15) is 0 Å². The molecule has 0 aliphatic heterocycles. The van der Waals surface area contributed by atoms with Crippen LogP contribution in [0.3, 0.4) is 0 Å². The van der Waals surface area contributed by atoms with Gasteiger partial charge in [-0.05, 0) is 38.5 Å². The van der Waals surface area contributed by atoms with E-state index in [1.54, 1.807) is 6.07 Å². The molecule has 0 N–H and O–H groups in total. The molecule has 1 aromatic heterocycles. The summed E-state index contributed by atoms with van der Waals surface area (Å²) in [6.07, 6.45) is 0.618. The van der Waals surface area contributed by atoms with Crippen LogP contribution in [0.2, 0.25) is 0 Å². The van der Waals surface area contributed by atoms with Gasteiger partial charge in [0.05, 0.1) is 6.21 Å². The monoisotopic (exact) mass is 274 g/mol. The molecule has 18 heavy (non-hydrogen) atoms. The summed E-state index contributed by atoms with van der Waals surface area (Å²) in [4.78, 5) is 3.57. The first-order chi connectivity index (χ1) is 8.30. The first-order valence-electron chi connectivity index (χ1n) is 5.48. The summed E-state index contributed by atoms with van der Waals surface area (Å²) in [5, 5.41) is 0. The van der Waals surface area contributed by atoms with Gasteiger partial charge in [-0.1, -0.05) is 4.40 Å². The van der Waals surface area contributed by atoms with E-state index in [0.29, 0.717) is 12.0 Å². The summed E-state index contributed by atoms with van der Waals surface area (Å²) in [6.45, 7) is 5.46. The molecule has 1 rings (SSSR count). The third-order valence-electron chi connectivity index (χ3n) is 2.09. The van der Waals surface area contributed by atoms with Crippen molar-refractivity contribution in [2.45, 2.75) is 38.4 Å². The molecule has 1 aromatic rings. The molecule has 1 heterocycles. The molecule has 0 amide bonds. The Morgan fingerprint density at radius 1 is 1.50 bits per heavy atom. The van der Waals surface area contributed by atoms with Crippen molar-refractivity contribution in [3.63, 3.8) is 0 Å². The van der Waals surface area contributed by atoms with Gasteiger partial charge in [0.25, 0.3) is 6.43 Å². The number of alkyl halides is 2. The van der Waals surface area contributed by atoms with Crippen LogP contribution >= 0.6 is 0 Å². The molecule has 0 fully saturated rings. The Hall–Kier alpha value is -1.01. The zero-order valence-electron chi connectivity index (χ0n) is 10.6. The third kappa shape index (κ3) is 4.70. The fraction of sp³-hybridized carbons (Fsp3) is 0.500. The van der Waals surface area contributed by atoms with Gasteiger partial charge >= 0.3 is 0 Å². The average molecular weight is 274 g/mol. The number of pyridine rings is 1. The summed E-state index contributed by atoms with van der Waals surface area (Å²) in [5.74, 6) is 0. The molecule has 0 aliphatic carbocycles. The van der Waals surface area contributed by atoms with E-state index in [0.717, 1.165) is 0 Å². The molecule has 3 nitrogen and oxygen atoms in total. The second-order valence-electron chi connectivity index (χ2n) is 4.74. The van der Waals surface area contributed by atoms with E-state index >= 15 is 0 Å². The van der Waals surface area contributed by atoms with Crippen LogP contribution in [0.25, 0.3) is 0 Å². The Kier molecular flexibility index (Phi) is 5.22. The number of halogens is 2. The summed E-state index contributed by atoms with van der Waals surface area (Å²) in [5.41, 5.74) is 0.424. The zero-order chi connectivity index (χ0) is 13.8. The molecule has 0 spiro atoms. The summed E-state index contributed by atoms with van der Waals surface area (Å²) in [6, 6.07) is 2.97. The van der Waals surface area contributed by atoms with Crippen LogP contribution in [0.1, 0.15) is 38.5 Å². The Labute approximate surface area is 109 Å². The molecular formula is C12H16F2N2OS. The van der Waals surface area contributed by atoms with Gasteiger partial charge in [0, 0.05) is 12.6 Å². The highest BCUT2D eigenvalue weighted by molar-refractivity contribution is 7.91. The Morgan fingerprint density at radius 2 is 2.17 bits per heavy atom. The summed E-state index contributed by atoms with van der Waals surface area (Å²) in [7, 11) is 0. The lowest BCUT2D eigenvalue weighted by molar-refractivity contribution is 0.146. The minimum atomic E-state index is -2.58. The van der Waals surface area contributed by atoms with Gasteiger partial charge in [0.15, 0.2) is 0 Å². The molecule has 0 bridgehead atoms. The third-order valence-corrected chi connectivity index (χ3v) is 3.48.